The molecule has 0 nitrogen and oxygen atoms in total. The summed E-state index contributed by atoms with van der Waals surface area (Å²) >= 11 is 9.86. The summed E-state index contributed by atoms with van der Waals surface area (Å²) in [5, 5.41) is 0. The van der Waals surface area contributed by atoms with Gasteiger partial charge in [-0.1, -0.05) is 38.3 Å². The Kier molecular flexibility index (Phi) is 5.99. The zero-order valence-corrected chi connectivity index (χ0v) is 14.5. The van der Waals surface area contributed by atoms with E-state index in [1.54, 1.807) is 0 Å². The first-order valence-electron chi connectivity index (χ1n) is 6.78. The maximum atomic E-state index is 4.33. The van der Waals surface area contributed by atoms with Crippen LogP contribution in [0.2, 0.25) is 0 Å². The van der Waals surface area contributed by atoms with Crippen molar-refractivity contribution >= 4 is 39.9 Å². The van der Waals surface area contributed by atoms with Crippen molar-refractivity contribution in [3.05, 3.63) is 39.7 Å². The summed E-state index contributed by atoms with van der Waals surface area (Å²) in [6.45, 7) is 2.25. The molecule has 0 aliphatic carbocycles. The van der Waals surface area contributed by atoms with Crippen molar-refractivity contribution in [2.45, 2.75) is 43.9 Å². The molecule has 0 aliphatic heterocycles. The van der Waals surface area contributed by atoms with Gasteiger partial charge in [0.2, 0.25) is 0 Å². The predicted octanol–water partition coefficient (Wildman–Crippen LogP) is 6.59. The second-order valence-electron chi connectivity index (χ2n) is 4.77. The van der Waals surface area contributed by atoms with Crippen molar-refractivity contribution in [1.82, 2.24) is 0 Å². The van der Waals surface area contributed by atoms with Crippen LogP contribution in [0, 0.1) is 0 Å². The highest BCUT2D eigenvalue weighted by Crippen LogP contribution is 2.36. The number of halogens is 1. The van der Waals surface area contributed by atoms with Gasteiger partial charge >= 0.3 is 0 Å². The lowest BCUT2D eigenvalue weighted by Gasteiger charge is -1.99. The third-order valence-electron chi connectivity index (χ3n) is 3.21. The van der Waals surface area contributed by atoms with Gasteiger partial charge in [0.1, 0.15) is 0 Å². The Balaban J connectivity index is 2.05. The minimum Gasteiger partial charge on any atom is -0.143 e. The Morgan fingerprint density at radius 3 is 2.53 bits per heavy atom. The van der Waals surface area contributed by atoms with Crippen LogP contribution in [-0.4, -0.2) is 0 Å². The lowest BCUT2D eigenvalue weighted by atomic mass is 10.1. The maximum Gasteiger partial charge on any atom is 0.0737 e. The molecule has 3 heteroatoms. The molecule has 0 bridgehead atoms. The molecule has 0 N–H and O–H groups in total. The van der Waals surface area contributed by atoms with Crippen molar-refractivity contribution in [2.24, 2.45) is 0 Å². The first-order valence-corrected chi connectivity index (χ1v) is 8.84. The van der Waals surface area contributed by atoms with E-state index >= 15 is 0 Å². The zero-order valence-electron chi connectivity index (χ0n) is 11.2. The summed E-state index contributed by atoms with van der Waals surface area (Å²) in [6.07, 6.45) is 6.45. The fourth-order valence-corrected chi connectivity index (χ4v) is 4.01. The van der Waals surface area contributed by atoms with Crippen LogP contribution in [0.1, 0.15) is 38.2 Å². The molecule has 0 atom stereocenters. The van der Waals surface area contributed by atoms with Crippen LogP contribution in [0.25, 0.3) is 10.4 Å². The summed E-state index contributed by atoms with van der Waals surface area (Å²) in [5.41, 5.74) is 2.73. The molecular weight excluding hydrogens is 336 g/mol. The molecule has 1 aromatic heterocycles. The van der Waals surface area contributed by atoms with E-state index in [4.69, 9.17) is 0 Å². The molecule has 19 heavy (non-hydrogen) atoms. The van der Waals surface area contributed by atoms with Crippen LogP contribution >= 0.6 is 39.9 Å². The normalized spacial score (nSPS) is 10.9. The minimum absolute atomic E-state index is 1.01. The standard InChI is InChI=1S/C16H19BrS2/c1-2-3-4-5-6-13-11-15(19-16(13)17)12-7-9-14(18)10-8-12/h7-11,18H,2-6H2,1H3. The molecule has 0 fully saturated rings. The van der Waals surface area contributed by atoms with Crippen molar-refractivity contribution < 1.29 is 0 Å². The van der Waals surface area contributed by atoms with Crippen LogP contribution in [-0.2, 0) is 6.42 Å². The summed E-state index contributed by atoms with van der Waals surface area (Å²) in [7, 11) is 0. The molecule has 0 amide bonds. The van der Waals surface area contributed by atoms with E-state index in [0.29, 0.717) is 0 Å². The Labute approximate surface area is 133 Å². The summed E-state index contributed by atoms with van der Waals surface area (Å²) < 4.78 is 1.29. The monoisotopic (exact) mass is 354 g/mol. The quantitative estimate of drug-likeness (QED) is 0.439. The van der Waals surface area contributed by atoms with Gasteiger partial charge in [-0.2, -0.15) is 0 Å². The van der Waals surface area contributed by atoms with Gasteiger partial charge < -0.3 is 0 Å². The first kappa shape index (κ1) is 15.1. The smallest absolute Gasteiger partial charge is 0.0737 e. The van der Waals surface area contributed by atoms with E-state index in [9.17, 15) is 0 Å². The highest BCUT2D eigenvalue weighted by molar-refractivity contribution is 9.11. The maximum absolute atomic E-state index is 4.33. The number of aryl methyl sites for hydroxylation is 1. The average molecular weight is 355 g/mol. The molecule has 0 radical (unpaired) electrons. The lowest BCUT2D eigenvalue weighted by molar-refractivity contribution is 0.667. The van der Waals surface area contributed by atoms with Crippen molar-refractivity contribution in [2.75, 3.05) is 0 Å². The van der Waals surface area contributed by atoms with Crippen molar-refractivity contribution in [3.63, 3.8) is 0 Å². The van der Waals surface area contributed by atoms with Crippen LogP contribution in [0.15, 0.2) is 39.0 Å². The molecule has 0 aliphatic rings. The molecular formula is C16H19BrS2. The number of unbranched alkanes of at least 4 members (excludes halogenated alkanes) is 3. The number of benzene rings is 1. The Bertz CT molecular complexity index is 514. The van der Waals surface area contributed by atoms with E-state index < -0.39 is 0 Å². The number of thiophene rings is 1. The Morgan fingerprint density at radius 1 is 1.11 bits per heavy atom. The van der Waals surface area contributed by atoms with Crippen LogP contribution in [0.3, 0.4) is 0 Å². The van der Waals surface area contributed by atoms with Gasteiger partial charge in [0.25, 0.3) is 0 Å². The van der Waals surface area contributed by atoms with E-state index in [2.05, 4.69) is 53.7 Å². The molecule has 2 rings (SSSR count). The fourth-order valence-electron chi connectivity index (χ4n) is 2.09. The molecule has 0 spiro atoms. The summed E-state index contributed by atoms with van der Waals surface area (Å²) in [6, 6.07) is 10.7. The highest BCUT2D eigenvalue weighted by atomic mass is 79.9. The van der Waals surface area contributed by atoms with E-state index in [0.717, 1.165) is 4.90 Å². The molecule has 0 saturated heterocycles. The summed E-state index contributed by atoms with van der Waals surface area (Å²) in [5.74, 6) is 0. The number of thiol groups is 1. The van der Waals surface area contributed by atoms with E-state index in [1.807, 2.05) is 23.5 Å². The van der Waals surface area contributed by atoms with Gasteiger partial charge in [0.05, 0.1) is 3.79 Å². The zero-order chi connectivity index (χ0) is 13.7. The number of hydrogen-bond acceptors (Lipinski definition) is 2. The highest BCUT2D eigenvalue weighted by Gasteiger charge is 2.08. The fraction of sp³-hybridized carbons (Fsp3) is 0.375. The molecule has 1 aromatic carbocycles. The average Bonchev–Trinajstić information content (AvgIpc) is 2.77. The van der Waals surface area contributed by atoms with Crippen molar-refractivity contribution in [3.8, 4) is 10.4 Å². The molecule has 102 valence electrons. The third kappa shape index (κ3) is 4.37. The largest absolute Gasteiger partial charge is 0.143 e. The van der Waals surface area contributed by atoms with Gasteiger partial charge in [-0.25, -0.2) is 0 Å². The Hall–Kier alpha value is -0.250. The number of rotatable bonds is 6. The first-order chi connectivity index (χ1) is 9.20. The molecule has 1 heterocycles. The topological polar surface area (TPSA) is 0 Å². The van der Waals surface area contributed by atoms with Gasteiger partial charge in [-0.05, 0) is 58.1 Å². The van der Waals surface area contributed by atoms with Crippen LogP contribution in [0.4, 0.5) is 0 Å². The molecule has 0 saturated carbocycles. The number of hydrogen-bond donors (Lipinski definition) is 1. The predicted molar refractivity (Wildman–Crippen MR) is 92.6 cm³/mol. The van der Waals surface area contributed by atoms with Gasteiger partial charge in [-0.3, -0.25) is 0 Å². The van der Waals surface area contributed by atoms with Crippen molar-refractivity contribution in [1.29, 1.82) is 0 Å². The van der Waals surface area contributed by atoms with E-state index in [-0.39, 0.29) is 0 Å². The lowest BCUT2D eigenvalue weighted by Crippen LogP contribution is -1.83. The van der Waals surface area contributed by atoms with Crippen LogP contribution < -0.4 is 0 Å². The summed E-state index contributed by atoms with van der Waals surface area (Å²) in [4.78, 5) is 2.35. The Morgan fingerprint density at radius 2 is 1.84 bits per heavy atom. The molecule has 0 unspecified atom stereocenters. The second kappa shape index (κ2) is 7.51. The van der Waals surface area contributed by atoms with Gasteiger partial charge in [0.15, 0.2) is 0 Å². The third-order valence-corrected chi connectivity index (χ3v) is 5.52. The second-order valence-corrected chi connectivity index (χ2v) is 7.65. The van der Waals surface area contributed by atoms with E-state index in [1.165, 1.54) is 51.9 Å². The minimum atomic E-state index is 1.01. The molecule has 2 aromatic rings. The van der Waals surface area contributed by atoms with Gasteiger partial charge in [0, 0.05) is 9.77 Å². The van der Waals surface area contributed by atoms with Crippen LogP contribution in [0.5, 0.6) is 0 Å². The van der Waals surface area contributed by atoms with Gasteiger partial charge in [-0.15, -0.1) is 24.0 Å². The SMILES string of the molecule is CCCCCCc1cc(-c2ccc(S)cc2)sc1Br.